The third-order valence-corrected chi connectivity index (χ3v) is 3.26. The van der Waals surface area contributed by atoms with Crippen LogP contribution in [0.25, 0.3) is 0 Å². The summed E-state index contributed by atoms with van der Waals surface area (Å²) in [6.45, 7) is -0.260. The summed E-state index contributed by atoms with van der Waals surface area (Å²) in [6.07, 6.45) is -2.05. The standard InChI is InChI=1S/C12H17NO5/c1-18-9-4-6(2-3-8(9)15)10-12(17)11(16)7(5-14)13-10/h2-4,7,10-17H,5H2,1H3/t7-,10-,11-,12-/m1/s1. The lowest BCUT2D eigenvalue weighted by atomic mass is 10.0. The van der Waals surface area contributed by atoms with Gasteiger partial charge in [-0.05, 0) is 17.7 Å². The number of benzene rings is 1. The van der Waals surface area contributed by atoms with Crippen molar-refractivity contribution in [3.05, 3.63) is 23.8 Å². The minimum Gasteiger partial charge on any atom is -0.504 e. The molecule has 100 valence electrons. The molecule has 6 heteroatoms. The predicted molar refractivity (Wildman–Crippen MR) is 63.4 cm³/mol. The van der Waals surface area contributed by atoms with E-state index in [2.05, 4.69) is 5.32 Å². The number of aliphatic hydroxyl groups is 3. The van der Waals surface area contributed by atoms with Crippen LogP contribution in [0.2, 0.25) is 0 Å². The number of nitrogens with one attached hydrogen (secondary N) is 1. The fourth-order valence-corrected chi connectivity index (χ4v) is 2.20. The van der Waals surface area contributed by atoms with Crippen LogP contribution in [0.5, 0.6) is 11.5 Å². The molecule has 5 N–H and O–H groups in total. The molecule has 18 heavy (non-hydrogen) atoms. The molecule has 1 heterocycles. The maximum Gasteiger partial charge on any atom is 0.160 e. The monoisotopic (exact) mass is 255 g/mol. The molecule has 1 fully saturated rings. The molecule has 1 aromatic rings. The summed E-state index contributed by atoms with van der Waals surface area (Å²) in [6, 6.07) is 3.60. The van der Waals surface area contributed by atoms with Gasteiger partial charge in [-0.25, -0.2) is 0 Å². The zero-order valence-corrected chi connectivity index (χ0v) is 9.95. The van der Waals surface area contributed by atoms with Gasteiger partial charge in [0.05, 0.1) is 31.9 Å². The minimum atomic E-state index is -1.03. The Labute approximate surface area is 104 Å². The quantitative estimate of drug-likeness (QED) is 0.481. The Bertz CT molecular complexity index is 425. The first-order valence-corrected chi connectivity index (χ1v) is 5.68. The Morgan fingerprint density at radius 1 is 1.28 bits per heavy atom. The average Bonchev–Trinajstić information content (AvgIpc) is 2.67. The normalized spacial score (nSPS) is 31.6. The molecular weight excluding hydrogens is 238 g/mol. The van der Waals surface area contributed by atoms with Crippen LogP contribution in [0.3, 0.4) is 0 Å². The fourth-order valence-electron chi connectivity index (χ4n) is 2.20. The first kappa shape index (κ1) is 13.1. The van der Waals surface area contributed by atoms with Gasteiger partial charge in [0.2, 0.25) is 0 Å². The number of methoxy groups -OCH3 is 1. The molecule has 6 nitrogen and oxygen atoms in total. The second kappa shape index (κ2) is 5.11. The Kier molecular flexibility index (Phi) is 3.72. The van der Waals surface area contributed by atoms with Gasteiger partial charge in [-0.1, -0.05) is 6.07 Å². The molecule has 0 radical (unpaired) electrons. The molecule has 0 amide bonds. The second-order valence-electron chi connectivity index (χ2n) is 4.35. The summed E-state index contributed by atoms with van der Waals surface area (Å²) in [7, 11) is 1.43. The number of phenols is 1. The van der Waals surface area contributed by atoms with Crippen LogP contribution in [0.4, 0.5) is 0 Å². The Hall–Kier alpha value is -1.34. The zero-order chi connectivity index (χ0) is 13.3. The molecule has 1 aliphatic rings. The Balaban J connectivity index is 2.27. The molecule has 2 rings (SSSR count). The van der Waals surface area contributed by atoms with Crippen LogP contribution in [0, 0.1) is 0 Å². The van der Waals surface area contributed by atoms with E-state index in [1.54, 1.807) is 12.1 Å². The number of rotatable bonds is 3. The van der Waals surface area contributed by atoms with Gasteiger partial charge >= 0.3 is 0 Å². The van der Waals surface area contributed by atoms with E-state index in [1.807, 2.05) is 0 Å². The highest BCUT2D eigenvalue weighted by Crippen LogP contribution is 2.33. The molecule has 0 unspecified atom stereocenters. The van der Waals surface area contributed by atoms with E-state index in [1.165, 1.54) is 13.2 Å². The minimum absolute atomic E-state index is 0.00740. The molecule has 4 atom stereocenters. The highest BCUT2D eigenvalue weighted by molar-refractivity contribution is 5.43. The van der Waals surface area contributed by atoms with Crippen molar-refractivity contribution in [3.8, 4) is 11.5 Å². The van der Waals surface area contributed by atoms with Crippen LogP contribution in [0.1, 0.15) is 11.6 Å². The van der Waals surface area contributed by atoms with E-state index in [4.69, 9.17) is 9.84 Å². The second-order valence-corrected chi connectivity index (χ2v) is 4.35. The van der Waals surface area contributed by atoms with E-state index in [-0.39, 0.29) is 12.4 Å². The highest BCUT2D eigenvalue weighted by atomic mass is 16.5. The Morgan fingerprint density at radius 2 is 2.00 bits per heavy atom. The first-order valence-electron chi connectivity index (χ1n) is 5.68. The fraction of sp³-hybridized carbons (Fsp3) is 0.500. The topological polar surface area (TPSA) is 102 Å². The molecule has 0 bridgehead atoms. The van der Waals surface area contributed by atoms with Crippen molar-refractivity contribution in [1.29, 1.82) is 0 Å². The van der Waals surface area contributed by atoms with Gasteiger partial charge in [-0.15, -0.1) is 0 Å². The molecule has 0 spiro atoms. The third kappa shape index (κ3) is 2.15. The van der Waals surface area contributed by atoms with Crippen molar-refractivity contribution >= 4 is 0 Å². The van der Waals surface area contributed by atoms with Crippen molar-refractivity contribution in [2.45, 2.75) is 24.3 Å². The smallest absolute Gasteiger partial charge is 0.160 e. The molecule has 1 saturated heterocycles. The zero-order valence-electron chi connectivity index (χ0n) is 9.95. The summed E-state index contributed by atoms with van der Waals surface area (Å²) in [5.41, 5.74) is 0.673. The van der Waals surface area contributed by atoms with E-state index in [0.717, 1.165) is 0 Å². The third-order valence-electron chi connectivity index (χ3n) is 3.26. The van der Waals surface area contributed by atoms with Crippen molar-refractivity contribution in [3.63, 3.8) is 0 Å². The number of hydrogen-bond donors (Lipinski definition) is 5. The lowest BCUT2D eigenvalue weighted by molar-refractivity contribution is 0.0194. The van der Waals surface area contributed by atoms with Gasteiger partial charge in [0.1, 0.15) is 6.10 Å². The van der Waals surface area contributed by atoms with Crippen molar-refractivity contribution in [2.75, 3.05) is 13.7 Å². The lowest BCUT2D eigenvalue weighted by Crippen LogP contribution is -2.35. The molecule has 0 aromatic heterocycles. The van der Waals surface area contributed by atoms with E-state index in [0.29, 0.717) is 11.3 Å². The van der Waals surface area contributed by atoms with E-state index in [9.17, 15) is 15.3 Å². The van der Waals surface area contributed by atoms with Crippen molar-refractivity contribution < 1.29 is 25.2 Å². The van der Waals surface area contributed by atoms with Crippen LogP contribution in [-0.2, 0) is 0 Å². The number of aromatic hydroxyl groups is 1. The van der Waals surface area contributed by atoms with Gasteiger partial charge in [0.25, 0.3) is 0 Å². The van der Waals surface area contributed by atoms with Gasteiger partial charge in [-0.3, -0.25) is 0 Å². The van der Waals surface area contributed by atoms with Crippen molar-refractivity contribution in [1.82, 2.24) is 5.32 Å². The summed E-state index contributed by atoms with van der Waals surface area (Å²) >= 11 is 0. The van der Waals surface area contributed by atoms with Gasteiger partial charge < -0.3 is 30.5 Å². The van der Waals surface area contributed by atoms with Gasteiger partial charge in [0.15, 0.2) is 11.5 Å². The van der Waals surface area contributed by atoms with Crippen LogP contribution < -0.4 is 10.1 Å². The summed E-state index contributed by atoms with van der Waals surface area (Å²) in [5, 5.41) is 41.1. The first-order chi connectivity index (χ1) is 8.58. The number of ether oxygens (including phenoxy) is 1. The molecular formula is C12H17NO5. The number of aliphatic hydroxyl groups excluding tert-OH is 3. The Morgan fingerprint density at radius 3 is 2.56 bits per heavy atom. The van der Waals surface area contributed by atoms with Crippen LogP contribution in [0.15, 0.2) is 18.2 Å². The average molecular weight is 255 g/mol. The van der Waals surface area contributed by atoms with Gasteiger partial charge in [0, 0.05) is 0 Å². The summed E-state index contributed by atoms with van der Waals surface area (Å²) in [4.78, 5) is 0. The molecule has 1 aliphatic heterocycles. The van der Waals surface area contributed by atoms with E-state index >= 15 is 0 Å². The lowest BCUT2D eigenvalue weighted by Gasteiger charge is -2.17. The maximum absolute atomic E-state index is 9.92. The SMILES string of the molecule is COc1cc([C@H]2N[C@H](CO)[C@@H](O)[C@@H]2O)ccc1O. The van der Waals surface area contributed by atoms with Gasteiger partial charge in [-0.2, -0.15) is 0 Å². The maximum atomic E-state index is 9.92. The number of phenolic OH excluding ortho intramolecular Hbond substituents is 1. The molecule has 0 saturated carbocycles. The molecule has 1 aromatic carbocycles. The number of hydrogen-bond acceptors (Lipinski definition) is 6. The predicted octanol–water partition coefficient (Wildman–Crippen LogP) is -0.872. The summed E-state index contributed by atoms with van der Waals surface area (Å²) < 4.78 is 4.99. The van der Waals surface area contributed by atoms with E-state index < -0.39 is 24.3 Å². The van der Waals surface area contributed by atoms with Crippen molar-refractivity contribution in [2.24, 2.45) is 0 Å². The largest absolute Gasteiger partial charge is 0.504 e. The van der Waals surface area contributed by atoms with Crippen LogP contribution >= 0.6 is 0 Å². The molecule has 0 aliphatic carbocycles. The highest BCUT2D eigenvalue weighted by Gasteiger charge is 2.41. The summed E-state index contributed by atoms with van der Waals surface area (Å²) in [5.74, 6) is 0.302. The van der Waals surface area contributed by atoms with Crippen LogP contribution in [-0.4, -0.2) is 52.4 Å².